The summed E-state index contributed by atoms with van der Waals surface area (Å²) < 4.78 is 27.0. The second-order valence-electron chi connectivity index (χ2n) is 5.23. The summed E-state index contributed by atoms with van der Waals surface area (Å²) in [6.07, 6.45) is 4.66. The minimum absolute atomic E-state index is 0.0308. The monoisotopic (exact) mass is 380 g/mol. The standard InChI is InChI=1S/C15H13ClN4O4S/c16-11-4-1-3-10(9-11)14(21)17-18-15(22)12-5-2-6-20-7-8-25(23,24)19-13(12)20/h1-6,9H,7-8H2,(H,17,21)(H,18,22). The van der Waals surface area contributed by atoms with E-state index >= 15 is 0 Å². The van der Waals surface area contributed by atoms with E-state index in [1.165, 1.54) is 18.2 Å². The van der Waals surface area contributed by atoms with Crippen molar-refractivity contribution in [3.63, 3.8) is 0 Å². The van der Waals surface area contributed by atoms with Gasteiger partial charge in [0.2, 0.25) is 0 Å². The molecule has 2 amide bonds. The zero-order valence-electron chi connectivity index (χ0n) is 12.8. The molecule has 0 saturated heterocycles. The Balaban J connectivity index is 1.73. The lowest BCUT2D eigenvalue weighted by Crippen LogP contribution is -2.47. The maximum absolute atomic E-state index is 12.3. The summed E-state index contributed by atoms with van der Waals surface area (Å²) in [5.41, 5.74) is 4.81. The second-order valence-corrected chi connectivity index (χ2v) is 7.43. The summed E-state index contributed by atoms with van der Waals surface area (Å²) in [4.78, 5) is 25.9. The van der Waals surface area contributed by atoms with Crippen molar-refractivity contribution < 1.29 is 18.0 Å². The van der Waals surface area contributed by atoms with Crippen molar-refractivity contribution in [3.8, 4) is 0 Å². The minimum atomic E-state index is -3.61. The molecule has 25 heavy (non-hydrogen) atoms. The summed E-state index contributed by atoms with van der Waals surface area (Å²) in [5.74, 6) is -1.33. The second kappa shape index (κ2) is 6.69. The quantitative estimate of drug-likeness (QED) is 0.730. The van der Waals surface area contributed by atoms with E-state index in [0.29, 0.717) is 5.02 Å². The first-order chi connectivity index (χ1) is 11.9. The number of hydrazine groups is 1. The van der Waals surface area contributed by atoms with Gasteiger partial charge in [0, 0.05) is 23.3 Å². The van der Waals surface area contributed by atoms with Crippen LogP contribution in [0.2, 0.25) is 5.02 Å². The van der Waals surface area contributed by atoms with Gasteiger partial charge in [0.25, 0.3) is 21.8 Å². The van der Waals surface area contributed by atoms with Crippen LogP contribution in [-0.4, -0.2) is 43.3 Å². The number of benzene rings is 1. The molecule has 0 saturated carbocycles. The molecule has 0 atom stereocenters. The van der Waals surface area contributed by atoms with Crippen molar-refractivity contribution in [2.24, 2.45) is 4.40 Å². The number of hydrogen-bond donors (Lipinski definition) is 2. The number of amidine groups is 1. The number of nitrogens with one attached hydrogen (secondary N) is 2. The van der Waals surface area contributed by atoms with Crippen LogP contribution in [-0.2, 0) is 14.8 Å². The van der Waals surface area contributed by atoms with Crippen molar-refractivity contribution in [2.75, 3.05) is 12.3 Å². The molecule has 3 rings (SSSR count). The minimum Gasteiger partial charge on any atom is -0.331 e. The van der Waals surface area contributed by atoms with Gasteiger partial charge in [-0.2, -0.15) is 0 Å². The largest absolute Gasteiger partial charge is 0.331 e. The Hall–Kier alpha value is -2.65. The first-order valence-corrected chi connectivity index (χ1v) is 9.19. The fourth-order valence-corrected chi connectivity index (χ4v) is 3.45. The molecule has 0 spiro atoms. The number of halogens is 1. The number of carbonyl (C=O) groups excluding carboxylic acids is 2. The van der Waals surface area contributed by atoms with Crippen molar-refractivity contribution in [1.29, 1.82) is 0 Å². The van der Waals surface area contributed by atoms with E-state index in [2.05, 4.69) is 15.2 Å². The van der Waals surface area contributed by atoms with E-state index in [-0.39, 0.29) is 29.3 Å². The normalized spacial score (nSPS) is 17.9. The number of nitrogens with zero attached hydrogens (tertiary/aromatic N) is 2. The Morgan fingerprint density at radius 3 is 2.72 bits per heavy atom. The van der Waals surface area contributed by atoms with Crippen LogP contribution >= 0.6 is 11.6 Å². The number of hydrogen-bond acceptors (Lipinski definition) is 5. The van der Waals surface area contributed by atoms with E-state index < -0.39 is 21.8 Å². The SMILES string of the molecule is O=C(NNC(=O)c1cccc(Cl)c1)C1=CC=CN2CCS(=O)(=O)N=C12. The van der Waals surface area contributed by atoms with Gasteiger partial charge < -0.3 is 4.90 Å². The van der Waals surface area contributed by atoms with Gasteiger partial charge in [-0.3, -0.25) is 20.4 Å². The van der Waals surface area contributed by atoms with E-state index in [1.54, 1.807) is 29.3 Å². The Morgan fingerprint density at radius 2 is 1.96 bits per heavy atom. The molecule has 2 aliphatic heterocycles. The number of allylic oxidation sites excluding steroid dienone is 2. The molecule has 2 heterocycles. The number of rotatable bonds is 2. The summed E-state index contributed by atoms with van der Waals surface area (Å²) in [6, 6.07) is 6.21. The van der Waals surface area contributed by atoms with Gasteiger partial charge in [0.05, 0.1) is 11.3 Å². The summed E-state index contributed by atoms with van der Waals surface area (Å²) in [6.45, 7) is 0.206. The highest BCUT2D eigenvalue weighted by atomic mass is 35.5. The van der Waals surface area contributed by atoms with Gasteiger partial charge >= 0.3 is 0 Å². The summed E-state index contributed by atoms with van der Waals surface area (Å²) >= 11 is 5.81. The van der Waals surface area contributed by atoms with E-state index in [0.717, 1.165) is 0 Å². The lowest BCUT2D eigenvalue weighted by molar-refractivity contribution is -0.117. The zero-order valence-corrected chi connectivity index (χ0v) is 14.3. The smallest absolute Gasteiger partial charge is 0.273 e. The fraction of sp³-hybridized carbons (Fsp3) is 0.133. The predicted molar refractivity (Wildman–Crippen MR) is 92.2 cm³/mol. The van der Waals surface area contributed by atoms with Crippen LogP contribution in [0.15, 0.2) is 52.6 Å². The Labute approximate surface area is 148 Å². The van der Waals surface area contributed by atoms with Gasteiger partial charge in [0.15, 0.2) is 5.84 Å². The van der Waals surface area contributed by atoms with Gasteiger partial charge in [-0.15, -0.1) is 4.40 Å². The topological polar surface area (TPSA) is 108 Å². The molecule has 0 radical (unpaired) electrons. The first-order valence-electron chi connectivity index (χ1n) is 7.20. The molecule has 0 unspecified atom stereocenters. The molecular formula is C15H13ClN4O4S. The molecule has 0 fully saturated rings. The van der Waals surface area contributed by atoms with Crippen LogP contribution in [0.3, 0.4) is 0 Å². The number of carbonyl (C=O) groups is 2. The average Bonchev–Trinajstić information content (AvgIpc) is 2.58. The van der Waals surface area contributed by atoms with Crippen molar-refractivity contribution in [1.82, 2.24) is 15.8 Å². The van der Waals surface area contributed by atoms with Crippen molar-refractivity contribution in [3.05, 3.63) is 58.8 Å². The Kier molecular flexibility index (Phi) is 4.60. The molecule has 8 nitrogen and oxygen atoms in total. The van der Waals surface area contributed by atoms with E-state index in [1.807, 2.05) is 0 Å². The van der Waals surface area contributed by atoms with Crippen LogP contribution < -0.4 is 10.9 Å². The maximum Gasteiger partial charge on any atom is 0.273 e. The van der Waals surface area contributed by atoms with Crippen LogP contribution in [0.25, 0.3) is 0 Å². The van der Waals surface area contributed by atoms with Crippen LogP contribution in [0.5, 0.6) is 0 Å². The van der Waals surface area contributed by atoms with Gasteiger partial charge in [-0.05, 0) is 30.4 Å². The van der Waals surface area contributed by atoms with Crippen LogP contribution in [0.1, 0.15) is 10.4 Å². The number of fused-ring (bicyclic) bond motifs is 1. The lowest BCUT2D eigenvalue weighted by atomic mass is 10.1. The Morgan fingerprint density at radius 1 is 1.20 bits per heavy atom. The van der Waals surface area contributed by atoms with Crippen LogP contribution in [0, 0.1) is 0 Å². The van der Waals surface area contributed by atoms with Gasteiger partial charge in [-0.25, -0.2) is 8.42 Å². The highest BCUT2D eigenvalue weighted by Gasteiger charge is 2.30. The third kappa shape index (κ3) is 3.89. The van der Waals surface area contributed by atoms with E-state index in [9.17, 15) is 18.0 Å². The molecule has 10 heteroatoms. The zero-order chi connectivity index (χ0) is 18.0. The molecule has 2 N–H and O–H groups in total. The van der Waals surface area contributed by atoms with Crippen molar-refractivity contribution in [2.45, 2.75) is 0 Å². The number of amides is 2. The molecule has 2 aliphatic rings. The fourth-order valence-electron chi connectivity index (χ4n) is 2.28. The average molecular weight is 381 g/mol. The van der Waals surface area contributed by atoms with Gasteiger partial charge in [0.1, 0.15) is 0 Å². The highest BCUT2D eigenvalue weighted by molar-refractivity contribution is 7.90. The van der Waals surface area contributed by atoms with Gasteiger partial charge in [-0.1, -0.05) is 17.7 Å². The molecule has 130 valence electrons. The first kappa shape index (κ1) is 17.2. The highest BCUT2D eigenvalue weighted by Crippen LogP contribution is 2.17. The summed E-state index contributed by atoms with van der Waals surface area (Å²) in [7, 11) is -3.61. The molecule has 0 aromatic heterocycles. The summed E-state index contributed by atoms with van der Waals surface area (Å²) in [5, 5.41) is 0.386. The molecule has 1 aromatic carbocycles. The molecule has 0 bridgehead atoms. The third-order valence-corrected chi connectivity index (χ3v) is 4.86. The molecule has 1 aromatic rings. The third-order valence-electron chi connectivity index (χ3n) is 3.48. The Bertz CT molecular complexity index is 937. The van der Waals surface area contributed by atoms with Crippen LogP contribution in [0.4, 0.5) is 0 Å². The van der Waals surface area contributed by atoms with Crippen molar-refractivity contribution >= 4 is 39.3 Å². The number of sulfonamides is 1. The lowest BCUT2D eigenvalue weighted by Gasteiger charge is -2.28. The molecular weight excluding hydrogens is 368 g/mol. The maximum atomic E-state index is 12.3. The van der Waals surface area contributed by atoms with E-state index in [4.69, 9.17) is 11.6 Å². The molecule has 0 aliphatic carbocycles. The predicted octanol–water partition coefficient (Wildman–Crippen LogP) is 0.599.